The maximum absolute atomic E-state index is 5.86. The monoisotopic (exact) mass is 192 g/mol. The molecular formula is C11H16N2O. The number of benzene rings is 1. The average Bonchev–Trinajstić information content (AvgIpc) is 2.55. The van der Waals surface area contributed by atoms with Crippen molar-refractivity contribution in [1.82, 2.24) is 0 Å². The third-order valence-electron chi connectivity index (χ3n) is 2.60. The van der Waals surface area contributed by atoms with Crippen molar-refractivity contribution in [3.8, 4) is 5.75 Å². The van der Waals surface area contributed by atoms with Gasteiger partial charge in [-0.25, -0.2) is 0 Å². The lowest BCUT2D eigenvalue weighted by Gasteiger charge is -2.09. The normalized spacial score (nSPS) is 21.5. The van der Waals surface area contributed by atoms with Crippen LogP contribution in [0.3, 0.4) is 0 Å². The van der Waals surface area contributed by atoms with E-state index < -0.39 is 0 Å². The highest BCUT2D eigenvalue weighted by Crippen LogP contribution is 2.30. The SMILES string of the molecule is CC1Cc2cc(C(N)CN)ccc2O1. The van der Waals surface area contributed by atoms with E-state index in [2.05, 4.69) is 13.0 Å². The van der Waals surface area contributed by atoms with Gasteiger partial charge in [0.25, 0.3) is 0 Å². The Hall–Kier alpha value is -1.06. The molecule has 1 aromatic carbocycles. The maximum Gasteiger partial charge on any atom is 0.123 e. The minimum absolute atomic E-state index is 0.0591. The van der Waals surface area contributed by atoms with Gasteiger partial charge < -0.3 is 16.2 Å². The fraction of sp³-hybridized carbons (Fsp3) is 0.455. The van der Waals surface area contributed by atoms with Crippen molar-refractivity contribution < 1.29 is 4.74 Å². The lowest BCUT2D eigenvalue weighted by Crippen LogP contribution is -2.20. The van der Waals surface area contributed by atoms with E-state index in [0.717, 1.165) is 17.7 Å². The van der Waals surface area contributed by atoms with Crippen LogP contribution >= 0.6 is 0 Å². The highest BCUT2D eigenvalue weighted by Gasteiger charge is 2.19. The van der Waals surface area contributed by atoms with Crippen LogP contribution in [-0.2, 0) is 6.42 Å². The van der Waals surface area contributed by atoms with E-state index in [1.54, 1.807) is 0 Å². The van der Waals surface area contributed by atoms with Crippen LogP contribution in [0.25, 0.3) is 0 Å². The number of ether oxygens (including phenoxy) is 1. The number of hydrogen-bond donors (Lipinski definition) is 2. The molecule has 2 rings (SSSR count). The predicted molar refractivity (Wildman–Crippen MR) is 56.2 cm³/mol. The van der Waals surface area contributed by atoms with Gasteiger partial charge in [-0.15, -0.1) is 0 Å². The van der Waals surface area contributed by atoms with Crippen LogP contribution in [-0.4, -0.2) is 12.6 Å². The Labute approximate surface area is 84.0 Å². The summed E-state index contributed by atoms with van der Waals surface area (Å²) in [6.45, 7) is 2.55. The molecule has 3 heteroatoms. The molecule has 0 saturated carbocycles. The summed E-state index contributed by atoms with van der Waals surface area (Å²) in [5.74, 6) is 0.991. The van der Waals surface area contributed by atoms with Crippen molar-refractivity contribution in [2.45, 2.75) is 25.5 Å². The molecule has 0 radical (unpaired) electrons. The van der Waals surface area contributed by atoms with Gasteiger partial charge in [0.15, 0.2) is 0 Å². The van der Waals surface area contributed by atoms with Crippen LogP contribution in [0.2, 0.25) is 0 Å². The first-order valence-electron chi connectivity index (χ1n) is 4.96. The number of rotatable bonds is 2. The quantitative estimate of drug-likeness (QED) is 0.734. The topological polar surface area (TPSA) is 61.3 Å². The van der Waals surface area contributed by atoms with E-state index >= 15 is 0 Å². The molecule has 4 N–H and O–H groups in total. The van der Waals surface area contributed by atoms with Crippen LogP contribution in [0.5, 0.6) is 5.75 Å². The molecule has 0 aromatic heterocycles. The van der Waals surface area contributed by atoms with Gasteiger partial charge in [-0.05, 0) is 24.1 Å². The zero-order valence-corrected chi connectivity index (χ0v) is 8.36. The van der Waals surface area contributed by atoms with E-state index in [9.17, 15) is 0 Å². The van der Waals surface area contributed by atoms with Crippen molar-refractivity contribution in [3.63, 3.8) is 0 Å². The molecule has 2 unspecified atom stereocenters. The maximum atomic E-state index is 5.86. The van der Waals surface area contributed by atoms with Crippen molar-refractivity contribution in [2.75, 3.05) is 6.54 Å². The zero-order chi connectivity index (χ0) is 10.1. The molecule has 1 aromatic rings. The molecule has 1 aliphatic rings. The molecule has 0 aliphatic carbocycles. The van der Waals surface area contributed by atoms with E-state index in [1.165, 1.54) is 5.56 Å². The summed E-state index contributed by atoms with van der Waals surface area (Å²) in [6, 6.07) is 6.03. The summed E-state index contributed by atoms with van der Waals surface area (Å²) >= 11 is 0. The molecule has 3 nitrogen and oxygen atoms in total. The van der Waals surface area contributed by atoms with Crippen molar-refractivity contribution in [1.29, 1.82) is 0 Å². The average molecular weight is 192 g/mol. The Morgan fingerprint density at radius 2 is 2.36 bits per heavy atom. The zero-order valence-electron chi connectivity index (χ0n) is 8.36. The minimum Gasteiger partial charge on any atom is -0.490 e. The third kappa shape index (κ3) is 1.61. The second-order valence-corrected chi connectivity index (χ2v) is 3.84. The van der Waals surface area contributed by atoms with Gasteiger partial charge in [-0.3, -0.25) is 0 Å². The fourth-order valence-electron chi connectivity index (χ4n) is 1.81. The second-order valence-electron chi connectivity index (χ2n) is 3.84. The Balaban J connectivity index is 2.28. The number of hydrogen-bond acceptors (Lipinski definition) is 3. The molecule has 0 spiro atoms. The first-order valence-corrected chi connectivity index (χ1v) is 4.96. The van der Waals surface area contributed by atoms with Gasteiger partial charge in [0.2, 0.25) is 0 Å². The standard InChI is InChI=1S/C11H16N2O/c1-7-4-9-5-8(10(13)6-12)2-3-11(9)14-7/h2-3,5,7,10H,4,6,12-13H2,1H3. The van der Waals surface area contributed by atoms with Crippen LogP contribution in [0.1, 0.15) is 24.1 Å². The summed E-state index contributed by atoms with van der Waals surface area (Å²) < 4.78 is 5.60. The van der Waals surface area contributed by atoms with Crippen LogP contribution in [0.4, 0.5) is 0 Å². The highest BCUT2D eigenvalue weighted by molar-refractivity contribution is 5.41. The highest BCUT2D eigenvalue weighted by atomic mass is 16.5. The van der Waals surface area contributed by atoms with Crippen molar-refractivity contribution in [2.24, 2.45) is 11.5 Å². The number of nitrogens with two attached hydrogens (primary N) is 2. The van der Waals surface area contributed by atoms with Crippen LogP contribution in [0.15, 0.2) is 18.2 Å². The first kappa shape index (κ1) is 9.49. The molecule has 76 valence electrons. The summed E-state index contributed by atoms with van der Waals surface area (Å²) in [4.78, 5) is 0. The second kappa shape index (κ2) is 3.59. The molecule has 0 saturated heterocycles. The fourth-order valence-corrected chi connectivity index (χ4v) is 1.81. The molecule has 2 atom stereocenters. The molecule has 0 bridgehead atoms. The molecule has 1 aliphatic heterocycles. The lowest BCUT2D eigenvalue weighted by atomic mass is 10.0. The van der Waals surface area contributed by atoms with E-state index in [-0.39, 0.29) is 12.1 Å². The summed E-state index contributed by atoms with van der Waals surface area (Å²) in [6.07, 6.45) is 1.26. The van der Waals surface area contributed by atoms with Crippen molar-refractivity contribution >= 4 is 0 Å². The van der Waals surface area contributed by atoms with Crippen LogP contribution < -0.4 is 16.2 Å². The van der Waals surface area contributed by atoms with Gasteiger partial charge in [-0.1, -0.05) is 12.1 Å². The Bertz CT molecular complexity index is 338. The Morgan fingerprint density at radius 1 is 1.57 bits per heavy atom. The molecule has 1 heterocycles. The molecular weight excluding hydrogens is 176 g/mol. The van der Waals surface area contributed by atoms with Gasteiger partial charge in [0.1, 0.15) is 11.9 Å². The number of fused-ring (bicyclic) bond motifs is 1. The Morgan fingerprint density at radius 3 is 3.07 bits per heavy atom. The molecule has 0 fully saturated rings. The van der Waals surface area contributed by atoms with E-state index in [0.29, 0.717) is 6.54 Å². The largest absolute Gasteiger partial charge is 0.490 e. The van der Waals surface area contributed by atoms with E-state index in [1.807, 2.05) is 12.1 Å². The Kier molecular flexibility index (Phi) is 2.44. The van der Waals surface area contributed by atoms with Gasteiger partial charge in [0, 0.05) is 19.0 Å². The van der Waals surface area contributed by atoms with Crippen molar-refractivity contribution in [3.05, 3.63) is 29.3 Å². The molecule has 14 heavy (non-hydrogen) atoms. The van der Waals surface area contributed by atoms with Crippen LogP contribution in [0, 0.1) is 0 Å². The minimum atomic E-state index is -0.0591. The predicted octanol–water partition coefficient (Wildman–Crippen LogP) is 0.968. The summed E-state index contributed by atoms with van der Waals surface area (Å²) in [5, 5.41) is 0. The van der Waals surface area contributed by atoms with E-state index in [4.69, 9.17) is 16.2 Å². The summed E-state index contributed by atoms with van der Waals surface area (Å²) in [7, 11) is 0. The van der Waals surface area contributed by atoms with Gasteiger partial charge in [0.05, 0.1) is 0 Å². The third-order valence-corrected chi connectivity index (χ3v) is 2.60. The first-order chi connectivity index (χ1) is 6.70. The molecule has 0 amide bonds. The smallest absolute Gasteiger partial charge is 0.123 e. The van der Waals surface area contributed by atoms with Gasteiger partial charge >= 0.3 is 0 Å². The lowest BCUT2D eigenvalue weighted by molar-refractivity contribution is 0.254. The van der Waals surface area contributed by atoms with Gasteiger partial charge in [-0.2, -0.15) is 0 Å². The summed E-state index contributed by atoms with van der Waals surface area (Å²) in [5.41, 5.74) is 13.7.